The van der Waals surface area contributed by atoms with Crippen LogP contribution in [0.3, 0.4) is 0 Å². The van der Waals surface area contributed by atoms with Crippen LogP contribution in [-0.2, 0) is 4.74 Å². The van der Waals surface area contributed by atoms with Gasteiger partial charge >= 0.3 is 5.97 Å². The summed E-state index contributed by atoms with van der Waals surface area (Å²) in [7, 11) is 1.38. The lowest BCUT2D eigenvalue weighted by Gasteiger charge is -2.18. The highest BCUT2D eigenvalue weighted by Crippen LogP contribution is 2.49. The van der Waals surface area contributed by atoms with Gasteiger partial charge in [-0.15, -0.1) is 0 Å². The summed E-state index contributed by atoms with van der Waals surface area (Å²) in [6.07, 6.45) is 5.55. The van der Waals surface area contributed by atoms with Crippen molar-refractivity contribution in [3.05, 3.63) is 23.8 Å². The van der Waals surface area contributed by atoms with Crippen molar-refractivity contribution in [2.75, 3.05) is 24.7 Å². The van der Waals surface area contributed by atoms with Crippen molar-refractivity contribution in [1.29, 1.82) is 0 Å². The van der Waals surface area contributed by atoms with Gasteiger partial charge in [0, 0.05) is 6.54 Å². The Hall–Kier alpha value is -1.71. The number of methoxy groups -OCH3 is 1. The maximum absolute atomic E-state index is 11.4. The van der Waals surface area contributed by atoms with Crippen LogP contribution in [0.25, 0.3) is 0 Å². The molecule has 1 aromatic rings. The Morgan fingerprint density at radius 3 is 2.50 bits per heavy atom. The van der Waals surface area contributed by atoms with Crippen LogP contribution >= 0.6 is 0 Å². The molecule has 0 spiro atoms. The molecule has 0 bridgehead atoms. The first kappa shape index (κ1) is 13.3. The molecule has 4 heteroatoms. The molecular weight excluding hydrogens is 252 g/mol. The Balaban J connectivity index is 1.63. The minimum atomic E-state index is -0.350. The van der Waals surface area contributed by atoms with Crippen LogP contribution in [0, 0.1) is 17.8 Å². The second kappa shape index (κ2) is 5.35. The number of nitrogen functional groups attached to an aromatic ring is 1. The minimum absolute atomic E-state index is 0.350. The van der Waals surface area contributed by atoms with Gasteiger partial charge < -0.3 is 15.8 Å². The van der Waals surface area contributed by atoms with Crippen LogP contribution in [0.5, 0.6) is 0 Å². The first-order valence-corrected chi connectivity index (χ1v) is 7.40. The number of ether oxygens (including phenoxy) is 1. The third-order valence-corrected chi connectivity index (χ3v) is 4.46. The predicted molar refractivity (Wildman–Crippen MR) is 79.6 cm³/mol. The van der Waals surface area contributed by atoms with E-state index >= 15 is 0 Å². The van der Waals surface area contributed by atoms with Crippen molar-refractivity contribution in [2.45, 2.75) is 25.7 Å². The highest BCUT2D eigenvalue weighted by molar-refractivity contribution is 5.91. The van der Waals surface area contributed by atoms with E-state index in [9.17, 15) is 4.79 Å². The van der Waals surface area contributed by atoms with Crippen molar-refractivity contribution < 1.29 is 9.53 Å². The number of nitrogens with one attached hydrogen (secondary N) is 1. The molecule has 4 nitrogen and oxygen atoms in total. The largest absolute Gasteiger partial charge is 0.465 e. The molecule has 3 N–H and O–H groups in total. The zero-order valence-electron chi connectivity index (χ0n) is 11.9. The van der Waals surface area contributed by atoms with Crippen LogP contribution in [0.4, 0.5) is 11.4 Å². The number of rotatable bonds is 6. The van der Waals surface area contributed by atoms with Crippen LogP contribution in [0.1, 0.15) is 36.0 Å². The topological polar surface area (TPSA) is 64.3 Å². The fourth-order valence-electron chi connectivity index (χ4n) is 2.96. The smallest absolute Gasteiger partial charge is 0.337 e. The van der Waals surface area contributed by atoms with Gasteiger partial charge in [0.25, 0.3) is 0 Å². The molecule has 2 saturated carbocycles. The molecule has 2 aliphatic carbocycles. The summed E-state index contributed by atoms with van der Waals surface area (Å²) < 4.78 is 4.69. The summed E-state index contributed by atoms with van der Waals surface area (Å²) in [4.78, 5) is 11.4. The van der Waals surface area contributed by atoms with Gasteiger partial charge in [-0.2, -0.15) is 0 Å². The molecule has 3 rings (SSSR count). The van der Waals surface area contributed by atoms with Gasteiger partial charge in [0.1, 0.15) is 0 Å². The normalized spacial score (nSPS) is 18.1. The Morgan fingerprint density at radius 2 is 2.00 bits per heavy atom. The van der Waals surface area contributed by atoms with Crippen LogP contribution in [0.15, 0.2) is 18.2 Å². The number of hydrogen-bond donors (Lipinski definition) is 2. The van der Waals surface area contributed by atoms with Gasteiger partial charge in [-0.1, -0.05) is 0 Å². The lowest BCUT2D eigenvalue weighted by atomic mass is 9.98. The molecule has 0 heterocycles. The standard InChI is InChI=1S/C16H22N2O2/c1-20-16(19)12-6-7-15(14(17)8-12)18-9-13(10-2-3-10)11-4-5-11/h6-8,10-11,13,18H,2-5,9,17H2,1H3. The lowest BCUT2D eigenvalue weighted by Crippen LogP contribution is -2.19. The van der Waals surface area contributed by atoms with Crippen LogP contribution in [-0.4, -0.2) is 19.6 Å². The van der Waals surface area contributed by atoms with Gasteiger partial charge in [0.05, 0.1) is 24.0 Å². The van der Waals surface area contributed by atoms with Gasteiger partial charge in [-0.3, -0.25) is 0 Å². The second-order valence-electron chi connectivity index (χ2n) is 6.01. The summed E-state index contributed by atoms with van der Waals surface area (Å²) in [5.74, 6) is 2.29. The van der Waals surface area contributed by atoms with E-state index in [0.29, 0.717) is 11.3 Å². The van der Waals surface area contributed by atoms with E-state index in [1.165, 1.54) is 32.8 Å². The van der Waals surface area contributed by atoms with E-state index < -0.39 is 0 Å². The molecule has 2 fully saturated rings. The summed E-state index contributed by atoms with van der Waals surface area (Å²) in [5.41, 5.74) is 8.04. The minimum Gasteiger partial charge on any atom is -0.465 e. The number of hydrogen-bond acceptors (Lipinski definition) is 4. The molecule has 1 aromatic carbocycles. The third kappa shape index (κ3) is 2.89. The third-order valence-electron chi connectivity index (χ3n) is 4.46. The average Bonchev–Trinajstić information content (AvgIpc) is 3.32. The molecular formula is C16H22N2O2. The number of esters is 1. The van der Waals surface area contributed by atoms with Gasteiger partial charge in [-0.25, -0.2) is 4.79 Å². The van der Waals surface area contributed by atoms with Crippen molar-refractivity contribution in [1.82, 2.24) is 0 Å². The van der Waals surface area contributed by atoms with Crippen molar-refractivity contribution >= 4 is 17.3 Å². The molecule has 2 aliphatic rings. The summed E-state index contributed by atoms with van der Waals surface area (Å²) in [5, 5.41) is 3.46. The maximum atomic E-state index is 11.4. The first-order valence-electron chi connectivity index (χ1n) is 7.40. The monoisotopic (exact) mass is 274 g/mol. The number of benzene rings is 1. The van der Waals surface area contributed by atoms with Crippen molar-refractivity contribution in [3.8, 4) is 0 Å². The molecule has 0 aliphatic heterocycles. The lowest BCUT2D eigenvalue weighted by molar-refractivity contribution is 0.0601. The van der Waals surface area contributed by atoms with E-state index in [0.717, 1.165) is 30.0 Å². The van der Waals surface area contributed by atoms with Gasteiger partial charge in [0.15, 0.2) is 0 Å². The zero-order valence-corrected chi connectivity index (χ0v) is 11.9. The molecule has 0 amide bonds. The Kier molecular flexibility index (Phi) is 3.55. The van der Waals surface area contributed by atoms with Crippen molar-refractivity contribution in [2.24, 2.45) is 17.8 Å². The SMILES string of the molecule is COC(=O)c1ccc(NCC(C2CC2)C2CC2)c(N)c1. The van der Waals surface area contributed by atoms with E-state index in [2.05, 4.69) is 5.32 Å². The molecule has 0 saturated heterocycles. The molecule has 108 valence electrons. The number of anilines is 2. The van der Waals surface area contributed by atoms with E-state index in [-0.39, 0.29) is 5.97 Å². The quantitative estimate of drug-likeness (QED) is 0.618. The summed E-state index contributed by atoms with van der Waals surface area (Å²) in [6.45, 7) is 0.997. The summed E-state index contributed by atoms with van der Waals surface area (Å²) >= 11 is 0. The fraction of sp³-hybridized carbons (Fsp3) is 0.562. The average molecular weight is 274 g/mol. The van der Waals surface area contributed by atoms with Gasteiger partial charge in [0.2, 0.25) is 0 Å². The van der Waals surface area contributed by atoms with Crippen LogP contribution in [0.2, 0.25) is 0 Å². The van der Waals surface area contributed by atoms with Crippen LogP contribution < -0.4 is 11.1 Å². The fourth-order valence-corrected chi connectivity index (χ4v) is 2.96. The molecule has 0 unspecified atom stereocenters. The first-order chi connectivity index (χ1) is 9.69. The summed E-state index contributed by atoms with van der Waals surface area (Å²) in [6, 6.07) is 5.31. The number of carbonyl (C=O) groups excluding carboxylic acids is 1. The predicted octanol–water partition coefficient (Wildman–Crippen LogP) is 2.90. The van der Waals surface area contributed by atoms with E-state index in [1.807, 2.05) is 6.07 Å². The van der Waals surface area contributed by atoms with Gasteiger partial charge in [-0.05, 0) is 61.6 Å². The second-order valence-corrected chi connectivity index (χ2v) is 6.01. The van der Waals surface area contributed by atoms with E-state index in [4.69, 9.17) is 10.5 Å². The van der Waals surface area contributed by atoms with Crippen molar-refractivity contribution in [3.63, 3.8) is 0 Å². The molecule has 0 atom stereocenters. The molecule has 20 heavy (non-hydrogen) atoms. The Morgan fingerprint density at radius 1 is 1.35 bits per heavy atom. The molecule has 0 radical (unpaired) electrons. The Bertz CT molecular complexity index is 495. The Labute approximate surface area is 119 Å². The van der Waals surface area contributed by atoms with E-state index in [1.54, 1.807) is 12.1 Å². The number of carbonyl (C=O) groups is 1. The molecule has 0 aromatic heterocycles. The number of nitrogens with two attached hydrogens (primary N) is 1. The zero-order chi connectivity index (χ0) is 14.1. The maximum Gasteiger partial charge on any atom is 0.337 e. The highest BCUT2D eigenvalue weighted by atomic mass is 16.5. The highest BCUT2D eigenvalue weighted by Gasteiger charge is 2.41.